The number of nitrogens with zero attached hydrogens (tertiary/aromatic N) is 4. The molecule has 1 heterocycles. The van der Waals surface area contributed by atoms with Crippen LogP contribution in [-0.2, 0) is 17.8 Å². The number of hydrogen-bond donors (Lipinski definition) is 0. The molecule has 0 spiro atoms. The molecular weight excluding hydrogens is 299 g/mol. The predicted molar refractivity (Wildman–Crippen MR) is 83.1 cm³/mol. The summed E-state index contributed by atoms with van der Waals surface area (Å²) in [7, 11) is 3.86. The number of carbonyl (C=O) groups is 1. The fourth-order valence-corrected chi connectivity index (χ4v) is 2.11. The zero-order valence-corrected chi connectivity index (χ0v) is 13.6. The molecule has 0 aliphatic heterocycles. The second kappa shape index (κ2) is 7.82. The van der Waals surface area contributed by atoms with Crippen molar-refractivity contribution >= 4 is 5.91 Å². The number of benzene rings is 1. The summed E-state index contributed by atoms with van der Waals surface area (Å²) >= 11 is 0. The van der Waals surface area contributed by atoms with E-state index in [1.54, 1.807) is 30.0 Å². The van der Waals surface area contributed by atoms with Crippen LogP contribution in [0.3, 0.4) is 0 Å². The lowest BCUT2D eigenvalue weighted by molar-refractivity contribution is -0.131. The van der Waals surface area contributed by atoms with Crippen LogP contribution in [0, 0.1) is 12.7 Å². The fourth-order valence-electron chi connectivity index (χ4n) is 2.11. The summed E-state index contributed by atoms with van der Waals surface area (Å²) < 4.78 is 18.5. The van der Waals surface area contributed by atoms with Crippen molar-refractivity contribution in [1.82, 2.24) is 20.1 Å². The molecule has 1 aromatic carbocycles. The summed E-state index contributed by atoms with van der Waals surface area (Å²) in [6.45, 7) is 3.16. The maximum absolute atomic E-state index is 13.9. The third-order valence-electron chi connectivity index (χ3n) is 3.55. The molecule has 0 unspecified atom stereocenters. The van der Waals surface area contributed by atoms with Crippen molar-refractivity contribution in [2.75, 3.05) is 27.2 Å². The monoisotopic (exact) mass is 320 g/mol. The molecule has 7 heteroatoms. The molecule has 23 heavy (non-hydrogen) atoms. The molecule has 0 aliphatic rings. The summed E-state index contributed by atoms with van der Waals surface area (Å²) in [5, 5.41) is 7.42. The van der Waals surface area contributed by atoms with Gasteiger partial charge in [-0.15, -0.1) is 0 Å². The van der Waals surface area contributed by atoms with Crippen molar-refractivity contribution in [1.29, 1.82) is 0 Å². The molecule has 1 amide bonds. The van der Waals surface area contributed by atoms with E-state index in [1.165, 1.54) is 6.07 Å². The number of carbonyl (C=O) groups excluding carboxylic acids is 1. The zero-order valence-electron chi connectivity index (χ0n) is 13.6. The maximum Gasteiger partial charge on any atom is 0.229 e. The van der Waals surface area contributed by atoms with Crippen molar-refractivity contribution < 1.29 is 13.8 Å². The highest BCUT2D eigenvalue weighted by Gasteiger charge is 2.19. The van der Waals surface area contributed by atoms with E-state index in [0.29, 0.717) is 30.0 Å². The van der Waals surface area contributed by atoms with Gasteiger partial charge in [0.15, 0.2) is 0 Å². The summed E-state index contributed by atoms with van der Waals surface area (Å²) in [4.78, 5) is 16.2. The number of hydrogen-bond acceptors (Lipinski definition) is 5. The van der Waals surface area contributed by atoms with E-state index in [9.17, 15) is 9.18 Å². The zero-order chi connectivity index (χ0) is 16.8. The third-order valence-corrected chi connectivity index (χ3v) is 3.55. The average molecular weight is 320 g/mol. The number of rotatable bonds is 7. The highest BCUT2D eigenvalue weighted by molar-refractivity contribution is 5.78. The number of aryl methyl sites for hydroxylation is 1. The molecular formula is C16H21FN4O2. The van der Waals surface area contributed by atoms with Gasteiger partial charge < -0.3 is 9.80 Å². The average Bonchev–Trinajstić information content (AvgIpc) is 2.90. The van der Waals surface area contributed by atoms with E-state index < -0.39 is 0 Å². The van der Waals surface area contributed by atoms with Crippen LogP contribution in [-0.4, -0.2) is 53.2 Å². The van der Waals surface area contributed by atoms with Crippen LogP contribution in [0.5, 0.6) is 0 Å². The Morgan fingerprint density at radius 1 is 1.22 bits per heavy atom. The first-order chi connectivity index (χ1) is 11.0. The van der Waals surface area contributed by atoms with Crippen LogP contribution in [0.15, 0.2) is 28.9 Å². The van der Waals surface area contributed by atoms with Crippen LogP contribution >= 0.6 is 0 Å². The summed E-state index contributed by atoms with van der Waals surface area (Å²) in [6.07, 6.45) is 0.0945. The van der Waals surface area contributed by atoms with Crippen LogP contribution in [0.2, 0.25) is 0 Å². The molecule has 0 saturated carbocycles. The van der Waals surface area contributed by atoms with Gasteiger partial charge in [0, 0.05) is 25.2 Å². The van der Waals surface area contributed by atoms with Gasteiger partial charge in [-0.1, -0.05) is 28.5 Å². The lowest BCUT2D eigenvalue weighted by atomic mass is 10.1. The van der Waals surface area contributed by atoms with Gasteiger partial charge in [-0.2, -0.15) is 0 Å². The first-order valence-corrected chi connectivity index (χ1v) is 7.41. The van der Waals surface area contributed by atoms with Gasteiger partial charge in [-0.25, -0.2) is 9.02 Å². The SMILES string of the molecule is Cc1nonc1CC(=O)N(CCN(C)C)Cc1ccccc1F. The quantitative estimate of drug-likeness (QED) is 0.776. The molecule has 1 aromatic heterocycles. The van der Waals surface area contributed by atoms with Gasteiger partial charge in [0.25, 0.3) is 0 Å². The number of amides is 1. The molecule has 2 aromatic rings. The Labute approximate surface area is 134 Å². The standard InChI is InChI=1S/C16H21FN4O2/c1-12-15(19-23-18-12)10-16(22)21(9-8-20(2)3)11-13-6-4-5-7-14(13)17/h4-7H,8-11H2,1-3H3. The Morgan fingerprint density at radius 3 is 2.57 bits per heavy atom. The largest absolute Gasteiger partial charge is 0.337 e. The van der Waals surface area contributed by atoms with Crippen LogP contribution < -0.4 is 0 Å². The van der Waals surface area contributed by atoms with Gasteiger partial charge in [0.05, 0.1) is 6.42 Å². The molecule has 0 atom stereocenters. The number of aromatic nitrogens is 2. The van der Waals surface area contributed by atoms with E-state index in [-0.39, 0.29) is 24.7 Å². The van der Waals surface area contributed by atoms with Crippen molar-refractivity contribution in [2.45, 2.75) is 19.9 Å². The molecule has 124 valence electrons. The minimum absolute atomic E-state index is 0.0945. The fraction of sp³-hybridized carbons (Fsp3) is 0.438. The summed E-state index contributed by atoms with van der Waals surface area (Å²) in [5.74, 6) is -0.441. The number of likely N-dealkylation sites (N-methyl/N-ethyl adjacent to an activating group) is 1. The molecule has 0 saturated heterocycles. The van der Waals surface area contributed by atoms with E-state index in [0.717, 1.165) is 0 Å². The molecule has 0 radical (unpaired) electrons. The molecule has 6 nitrogen and oxygen atoms in total. The molecule has 0 fully saturated rings. The summed E-state index contributed by atoms with van der Waals surface area (Å²) in [6, 6.07) is 6.48. The van der Waals surface area contributed by atoms with Crippen LogP contribution in [0.4, 0.5) is 4.39 Å². The lowest BCUT2D eigenvalue weighted by Crippen LogP contribution is -2.37. The van der Waals surface area contributed by atoms with Gasteiger partial charge in [-0.05, 0) is 27.1 Å². The molecule has 0 aliphatic carbocycles. The summed E-state index contributed by atoms with van der Waals surface area (Å²) in [5.41, 5.74) is 1.60. The topological polar surface area (TPSA) is 62.5 Å². The van der Waals surface area contributed by atoms with Crippen LogP contribution in [0.25, 0.3) is 0 Å². The van der Waals surface area contributed by atoms with Crippen molar-refractivity contribution in [3.63, 3.8) is 0 Å². The van der Waals surface area contributed by atoms with Crippen LogP contribution in [0.1, 0.15) is 17.0 Å². The van der Waals surface area contributed by atoms with Gasteiger partial charge >= 0.3 is 0 Å². The maximum atomic E-state index is 13.9. The van der Waals surface area contributed by atoms with E-state index in [1.807, 2.05) is 19.0 Å². The van der Waals surface area contributed by atoms with E-state index in [4.69, 9.17) is 0 Å². The molecule has 0 N–H and O–H groups in total. The van der Waals surface area contributed by atoms with Crippen molar-refractivity contribution in [2.24, 2.45) is 0 Å². The second-order valence-electron chi connectivity index (χ2n) is 5.68. The third kappa shape index (κ3) is 4.85. The minimum Gasteiger partial charge on any atom is -0.337 e. The Bertz CT molecular complexity index is 657. The number of halogens is 1. The molecule has 0 bridgehead atoms. The lowest BCUT2D eigenvalue weighted by Gasteiger charge is -2.24. The second-order valence-corrected chi connectivity index (χ2v) is 5.68. The smallest absolute Gasteiger partial charge is 0.229 e. The van der Waals surface area contributed by atoms with Gasteiger partial charge in [0.2, 0.25) is 5.91 Å². The minimum atomic E-state index is -0.311. The van der Waals surface area contributed by atoms with Crippen molar-refractivity contribution in [3.8, 4) is 0 Å². The Morgan fingerprint density at radius 2 is 1.96 bits per heavy atom. The highest BCUT2D eigenvalue weighted by Crippen LogP contribution is 2.12. The Kier molecular flexibility index (Phi) is 5.81. The first-order valence-electron chi connectivity index (χ1n) is 7.41. The molecule has 2 rings (SSSR count). The van der Waals surface area contributed by atoms with E-state index in [2.05, 4.69) is 14.9 Å². The predicted octanol–water partition coefficient (Wildman–Crippen LogP) is 1.65. The van der Waals surface area contributed by atoms with Gasteiger partial charge in [0.1, 0.15) is 17.2 Å². The normalized spacial score (nSPS) is 11.0. The van der Waals surface area contributed by atoms with E-state index >= 15 is 0 Å². The Hall–Kier alpha value is -2.28. The van der Waals surface area contributed by atoms with Crippen molar-refractivity contribution in [3.05, 3.63) is 47.0 Å². The highest BCUT2D eigenvalue weighted by atomic mass is 19.1. The van der Waals surface area contributed by atoms with Gasteiger partial charge in [-0.3, -0.25) is 4.79 Å². The first kappa shape index (κ1) is 17.1. The Balaban J connectivity index is 2.11.